The Morgan fingerprint density at radius 3 is 2.75 bits per heavy atom. The molecule has 24 heavy (non-hydrogen) atoms. The third-order valence-corrected chi connectivity index (χ3v) is 5.42. The number of rotatable bonds is 7. The normalized spacial score (nSPS) is 22.4. The van der Waals surface area contributed by atoms with Crippen LogP contribution in [0.25, 0.3) is 0 Å². The predicted octanol–water partition coefficient (Wildman–Crippen LogP) is 5.69. The van der Waals surface area contributed by atoms with E-state index < -0.39 is 17.7 Å². The summed E-state index contributed by atoms with van der Waals surface area (Å²) in [5.74, 6) is -2.06. The maximum atomic E-state index is 14.0. The summed E-state index contributed by atoms with van der Waals surface area (Å²) >= 11 is 3.18. The van der Waals surface area contributed by atoms with E-state index in [-0.39, 0.29) is 17.6 Å². The van der Waals surface area contributed by atoms with Crippen LogP contribution >= 0.6 is 15.9 Å². The van der Waals surface area contributed by atoms with Crippen LogP contribution in [0.4, 0.5) is 8.78 Å². The van der Waals surface area contributed by atoms with Gasteiger partial charge in [0.25, 0.3) is 0 Å². The molecule has 0 amide bonds. The minimum Gasteiger partial charge on any atom is -0.384 e. The number of aliphatic hydroxyl groups is 1. The largest absolute Gasteiger partial charge is 0.384 e. The van der Waals surface area contributed by atoms with Gasteiger partial charge in [0.2, 0.25) is 0 Å². The number of benzene rings is 1. The molecule has 134 valence electrons. The molecule has 1 aromatic rings. The summed E-state index contributed by atoms with van der Waals surface area (Å²) in [6.07, 6.45) is 5.38. The fourth-order valence-corrected chi connectivity index (χ4v) is 3.67. The van der Waals surface area contributed by atoms with E-state index in [0.29, 0.717) is 16.7 Å². The van der Waals surface area contributed by atoms with Gasteiger partial charge in [-0.05, 0) is 37.0 Å². The lowest BCUT2D eigenvalue weighted by Crippen LogP contribution is -2.28. The van der Waals surface area contributed by atoms with Crippen LogP contribution in [-0.4, -0.2) is 17.8 Å². The summed E-state index contributed by atoms with van der Waals surface area (Å²) in [7, 11) is 0. The van der Waals surface area contributed by atoms with Crippen molar-refractivity contribution in [3.8, 4) is 0 Å². The third kappa shape index (κ3) is 4.64. The summed E-state index contributed by atoms with van der Waals surface area (Å²) in [6.45, 7) is 6.57. The summed E-state index contributed by atoms with van der Waals surface area (Å²) in [5.41, 5.74) is 0.386. The highest BCUT2D eigenvalue weighted by Crippen LogP contribution is 2.37. The maximum absolute atomic E-state index is 14.0. The molecule has 1 aliphatic rings. The molecule has 0 aromatic heterocycles. The predicted molar refractivity (Wildman–Crippen MR) is 94.8 cm³/mol. The molecule has 2 nitrogen and oxygen atoms in total. The highest BCUT2D eigenvalue weighted by Gasteiger charge is 2.30. The molecule has 0 saturated carbocycles. The Kier molecular flexibility index (Phi) is 7.38. The molecule has 0 spiro atoms. The zero-order chi connectivity index (χ0) is 17.7. The zero-order valence-electron chi connectivity index (χ0n) is 14.0. The Balaban J connectivity index is 1.97. The molecular formula is C19H25BrF2O2. The standard InChI is InChI=1S/C19H25BrF2O2/c1-3-4-5-6-14-8-7-13(11-24-14)12(2)19(23)17-15(20)9-10-16(21)18(17)22/h9-10,13-14,19,23H,2-8,11H2,1H3. The minimum atomic E-state index is -1.25. The van der Waals surface area contributed by atoms with Gasteiger partial charge in [-0.1, -0.05) is 48.7 Å². The highest BCUT2D eigenvalue weighted by atomic mass is 79.9. The Bertz CT molecular complexity index is 569. The van der Waals surface area contributed by atoms with Crippen molar-refractivity contribution in [3.05, 3.63) is 46.0 Å². The van der Waals surface area contributed by atoms with Crippen molar-refractivity contribution in [1.82, 2.24) is 0 Å². The van der Waals surface area contributed by atoms with Gasteiger partial charge in [0.1, 0.15) is 6.10 Å². The SMILES string of the molecule is C=C(C1CCC(CCCCC)OC1)C(O)c1c(Br)ccc(F)c1F. The number of hydrogen-bond acceptors (Lipinski definition) is 2. The molecule has 1 N–H and O–H groups in total. The molecule has 2 rings (SSSR count). The van der Waals surface area contributed by atoms with Crippen LogP contribution in [0.5, 0.6) is 0 Å². The first-order chi connectivity index (χ1) is 11.5. The van der Waals surface area contributed by atoms with Crippen molar-refractivity contribution >= 4 is 15.9 Å². The van der Waals surface area contributed by atoms with Crippen LogP contribution in [0.15, 0.2) is 28.8 Å². The molecule has 0 bridgehead atoms. The second-order valence-corrected chi connectivity index (χ2v) is 7.31. The molecule has 0 radical (unpaired) electrons. The van der Waals surface area contributed by atoms with Crippen molar-refractivity contribution in [2.75, 3.05) is 6.61 Å². The molecular weight excluding hydrogens is 378 g/mol. The minimum absolute atomic E-state index is 0.0445. The van der Waals surface area contributed by atoms with Crippen molar-refractivity contribution in [3.63, 3.8) is 0 Å². The van der Waals surface area contributed by atoms with E-state index in [1.54, 1.807) is 0 Å². The quantitative estimate of drug-likeness (QED) is 0.360. The maximum Gasteiger partial charge on any atom is 0.166 e. The average Bonchev–Trinajstić information content (AvgIpc) is 2.58. The van der Waals surface area contributed by atoms with E-state index in [4.69, 9.17) is 4.74 Å². The van der Waals surface area contributed by atoms with E-state index in [0.717, 1.165) is 31.7 Å². The van der Waals surface area contributed by atoms with E-state index in [1.807, 2.05) is 0 Å². The molecule has 1 aliphatic heterocycles. The Morgan fingerprint density at radius 1 is 1.38 bits per heavy atom. The number of hydrogen-bond donors (Lipinski definition) is 1. The van der Waals surface area contributed by atoms with Crippen LogP contribution in [-0.2, 0) is 4.74 Å². The van der Waals surface area contributed by atoms with Crippen molar-refractivity contribution in [1.29, 1.82) is 0 Å². The van der Waals surface area contributed by atoms with E-state index in [2.05, 4.69) is 29.4 Å². The topological polar surface area (TPSA) is 29.5 Å². The molecule has 1 saturated heterocycles. The monoisotopic (exact) mass is 402 g/mol. The molecule has 1 heterocycles. The Hall–Kier alpha value is -0.780. The molecule has 5 heteroatoms. The fraction of sp³-hybridized carbons (Fsp3) is 0.579. The molecule has 3 unspecified atom stereocenters. The van der Waals surface area contributed by atoms with Gasteiger partial charge >= 0.3 is 0 Å². The van der Waals surface area contributed by atoms with Crippen LogP contribution in [0.2, 0.25) is 0 Å². The summed E-state index contributed by atoms with van der Waals surface area (Å²) in [4.78, 5) is 0. The first-order valence-electron chi connectivity index (χ1n) is 8.57. The second kappa shape index (κ2) is 9.07. The lowest BCUT2D eigenvalue weighted by molar-refractivity contribution is -0.0168. The van der Waals surface area contributed by atoms with Crippen LogP contribution in [0, 0.1) is 17.6 Å². The van der Waals surface area contributed by atoms with Gasteiger partial charge in [-0.25, -0.2) is 8.78 Å². The van der Waals surface area contributed by atoms with Gasteiger partial charge < -0.3 is 9.84 Å². The van der Waals surface area contributed by atoms with Gasteiger partial charge in [0, 0.05) is 16.0 Å². The summed E-state index contributed by atoms with van der Waals surface area (Å²) < 4.78 is 33.7. The number of halogens is 3. The van der Waals surface area contributed by atoms with Gasteiger partial charge in [-0.3, -0.25) is 0 Å². The first-order valence-corrected chi connectivity index (χ1v) is 9.36. The second-order valence-electron chi connectivity index (χ2n) is 6.46. The van der Waals surface area contributed by atoms with E-state index >= 15 is 0 Å². The van der Waals surface area contributed by atoms with Gasteiger partial charge in [-0.2, -0.15) is 0 Å². The van der Waals surface area contributed by atoms with Crippen molar-refractivity contribution in [2.45, 2.75) is 57.7 Å². The van der Waals surface area contributed by atoms with Crippen molar-refractivity contribution < 1.29 is 18.6 Å². The van der Waals surface area contributed by atoms with Gasteiger partial charge in [0.15, 0.2) is 11.6 Å². The number of ether oxygens (including phenoxy) is 1. The van der Waals surface area contributed by atoms with E-state index in [9.17, 15) is 13.9 Å². The fourth-order valence-electron chi connectivity index (χ4n) is 3.15. The molecule has 1 aromatic carbocycles. The summed E-state index contributed by atoms with van der Waals surface area (Å²) in [5, 5.41) is 10.5. The van der Waals surface area contributed by atoms with Crippen LogP contribution in [0.3, 0.4) is 0 Å². The average molecular weight is 403 g/mol. The van der Waals surface area contributed by atoms with Crippen molar-refractivity contribution in [2.24, 2.45) is 5.92 Å². The Labute approximate surface area is 151 Å². The lowest BCUT2D eigenvalue weighted by Gasteiger charge is -2.32. The number of unbranched alkanes of at least 4 members (excludes halogenated alkanes) is 2. The highest BCUT2D eigenvalue weighted by molar-refractivity contribution is 9.10. The smallest absolute Gasteiger partial charge is 0.166 e. The lowest BCUT2D eigenvalue weighted by atomic mass is 9.86. The molecule has 1 fully saturated rings. The van der Waals surface area contributed by atoms with Crippen LogP contribution < -0.4 is 0 Å². The third-order valence-electron chi connectivity index (χ3n) is 4.73. The van der Waals surface area contributed by atoms with Gasteiger partial charge in [0.05, 0.1) is 12.7 Å². The van der Waals surface area contributed by atoms with Crippen LogP contribution in [0.1, 0.15) is 57.1 Å². The molecule has 3 atom stereocenters. The first kappa shape index (κ1) is 19.5. The van der Waals surface area contributed by atoms with Gasteiger partial charge in [-0.15, -0.1) is 0 Å². The zero-order valence-corrected chi connectivity index (χ0v) is 15.6. The summed E-state index contributed by atoms with van der Waals surface area (Å²) in [6, 6.07) is 2.42. The van der Waals surface area contributed by atoms with E-state index in [1.165, 1.54) is 18.9 Å². The molecule has 0 aliphatic carbocycles. The Morgan fingerprint density at radius 2 is 2.12 bits per heavy atom. The number of aliphatic hydroxyl groups excluding tert-OH is 1.